The van der Waals surface area contributed by atoms with Gasteiger partial charge in [0.2, 0.25) is 0 Å². The Labute approximate surface area is 85.1 Å². The zero-order chi connectivity index (χ0) is 9.94. The van der Waals surface area contributed by atoms with Crippen LogP contribution < -0.4 is 0 Å². The van der Waals surface area contributed by atoms with Gasteiger partial charge in [0.25, 0.3) is 0 Å². The third-order valence-corrected chi connectivity index (χ3v) is 3.00. The van der Waals surface area contributed by atoms with Crippen LogP contribution in [-0.2, 0) is 0 Å². The van der Waals surface area contributed by atoms with Crippen molar-refractivity contribution < 1.29 is 0 Å². The number of rotatable bonds is 9. The van der Waals surface area contributed by atoms with Gasteiger partial charge in [0.05, 0.1) is 0 Å². The summed E-state index contributed by atoms with van der Waals surface area (Å²) in [6.45, 7) is 6.95. The highest BCUT2D eigenvalue weighted by Gasteiger charge is 1.97. The smallest absolute Gasteiger partial charge is 0.0445 e. The average molecular weight is 184 g/mol. The van der Waals surface area contributed by atoms with Gasteiger partial charge in [-0.05, 0) is 5.92 Å². The van der Waals surface area contributed by atoms with Crippen LogP contribution in [0.1, 0.15) is 78.6 Å². The molecule has 0 radical (unpaired) electrons. The first-order chi connectivity index (χ1) is 6.31. The highest BCUT2D eigenvalue weighted by molar-refractivity contribution is 4.51. The number of hydrogen-bond acceptors (Lipinski definition) is 0. The van der Waals surface area contributed by atoms with Crippen LogP contribution in [0.25, 0.3) is 0 Å². The first-order valence-electron chi connectivity index (χ1n) is 6.31. The van der Waals surface area contributed by atoms with E-state index in [1.807, 2.05) is 0 Å². The van der Waals surface area contributed by atoms with Crippen molar-refractivity contribution in [2.24, 2.45) is 5.92 Å². The molecule has 0 amide bonds. The summed E-state index contributed by atoms with van der Waals surface area (Å²) < 4.78 is 0. The van der Waals surface area contributed by atoms with Crippen molar-refractivity contribution in [1.82, 2.24) is 0 Å². The van der Waals surface area contributed by atoms with Crippen molar-refractivity contribution in [1.29, 1.82) is 0 Å². The standard InChI is InChI=1S/C13H28/c1-4-6-7-8-9-10-11-12-13(3)5-2/h13H,4-12H2,1-3H3/t13-/m0/s1. The van der Waals surface area contributed by atoms with E-state index in [1.54, 1.807) is 0 Å². The second kappa shape index (κ2) is 10.1. The molecule has 0 aliphatic heterocycles. The van der Waals surface area contributed by atoms with Crippen molar-refractivity contribution in [2.75, 3.05) is 0 Å². The second-order valence-electron chi connectivity index (χ2n) is 4.42. The van der Waals surface area contributed by atoms with E-state index in [0.717, 1.165) is 5.92 Å². The van der Waals surface area contributed by atoms with Crippen LogP contribution in [-0.4, -0.2) is 0 Å². The molecule has 1 atom stereocenters. The largest absolute Gasteiger partial charge is 0.0654 e. The lowest BCUT2D eigenvalue weighted by Crippen LogP contribution is -1.91. The van der Waals surface area contributed by atoms with E-state index in [0.29, 0.717) is 0 Å². The normalized spacial score (nSPS) is 13.2. The van der Waals surface area contributed by atoms with Gasteiger partial charge < -0.3 is 0 Å². The Morgan fingerprint density at radius 3 is 1.85 bits per heavy atom. The average Bonchev–Trinajstić information content (AvgIpc) is 2.16. The van der Waals surface area contributed by atoms with Gasteiger partial charge in [-0.3, -0.25) is 0 Å². The van der Waals surface area contributed by atoms with Crippen molar-refractivity contribution >= 4 is 0 Å². The summed E-state index contributed by atoms with van der Waals surface area (Å²) in [5, 5.41) is 0. The molecule has 0 aromatic heterocycles. The molecule has 0 nitrogen and oxygen atoms in total. The van der Waals surface area contributed by atoms with Gasteiger partial charge >= 0.3 is 0 Å². The predicted molar refractivity (Wildman–Crippen MR) is 62.1 cm³/mol. The van der Waals surface area contributed by atoms with Crippen LogP contribution in [0, 0.1) is 5.92 Å². The Bertz CT molecular complexity index is 86.0. The van der Waals surface area contributed by atoms with E-state index < -0.39 is 0 Å². The van der Waals surface area contributed by atoms with E-state index in [1.165, 1.54) is 57.8 Å². The Morgan fingerprint density at radius 1 is 0.769 bits per heavy atom. The van der Waals surface area contributed by atoms with Gasteiger partial charge in [0.15, 0.2) is 0 Å². The van der Waals surface area contributed by atoms with Crippen LogP contribution in [0.4, 0.5) is 0 Å². The third kappa shape index (κ3) is 9.92. The van der Waals surface area contributed by atoms with E-state index >= 15 is 0 Å². The summed E-state index contributed by atoms with van der Waals surface area (Å²) in [5.41, 5.74) is 0. The lowest BCUT2D eigenvalue weighted by Gasteiger charge is -2.07. The van der Waals surface area contributed by atoms with Gasteiger partial charge in [0.1, 0.15) is 0 Å². The van der Waals surface area contributed by atoms with Crippen LogP contribution in [0.15, 0.2) is 0 Å². The zero-order valence-electron chi connectivity index (χ0n) is 9.94. The Morgan fingerprint density at radius 2 is 1.31 bits per heavy atom. The topological polar surface area (TPSA) is 0 Å². The molecule has 0 fully saturated rings. The second-order valence-corrected chi connectivity index (χ2v) is 4.42. The van der Waals surface area contributed by atoms with Gasteiger partial charge in [-0.25, -0.2) is 0 Å². The van der Waals surface area contributed by atoms with Crippen LogP contribution in [0.3, 0.4) is 0 Å². The quantitative estimate of drug-likeness (QED) is 0.433. The summed E-state index contributed by atoms with van der Waals surface area (Å²) in [6, 6.07) is 0. The van der Waals surface area contributed by atoms with E-state index in [4.69, 9.17) is 0 Å². The Balaban J connectivity index is 2.91. The summed E-state index contributed by atoms with van der Waals surface area (Å²) in [6.07, 6.45) is 12.9. The van der Waals surface area contributed by atoms with Crippen molar-refractivity contribution in [3.05, 3.63) is 0 Å². The molecule has 0 saturated carbocycles. The van der Waals surface area contributed by atoms with Gasteiger partial charge in [-0.15, -0.1) is 0 Å². The van der Waals surface area contributed by atoms with Gasteiger partial charge in [-0.2, -0.15) is 0 Å². The van der Waals surface area contributed by atoms with Crippen molar-refractivity contribution in [3.63, 3.8) is 0 Å². The molecular weight excluding hydrogens is 156 g/mol. The summed E-state index contributed by atoms with van der Waals surface area (Å²) in [4.78, 5) is 0. The highest BCUT2D eigenvalue weighted by atomic mass is 14.0. The Kier molecular flexibility index (Phi) is 10.1. The molecule has 0 aliphatic rings. The summed E-state index contributed by atoms with van der Waals surface area (Å²) >= 11 is 0. The third-order valence-electron chi connectivity index (χ3n) is 3.00. The fraction of sp³-hybridized carbons (Fsp3) is 1.00. The molecule has 0 unspecified atom stereocenters. The first kappa shape index (κ1) is 13.0. The van der Waals surface area contributed by atoms with Crippen LogP contribution >= 0.6 is 0 Å². The molecule has 13 heavy (non-hydrogen) atoms. The van der Waals surface area contributed by atoms with Gasteiger partial charge in [0, 0.05) is 0 Å². The first-order valence-corrected chi connectivity index (χ1v) is 6.31. The van der Waals surface area contributed by atoms with E-state index in [2.05, 4.69) is 20.8 Å². The fourth-order valence-electron chi connectivity index (χ4n) is 1.65. The molecule has 0 spiro atoms. The lowest BCUT2D eigenvalue weighted by atomic mass is 10.00. The van der Waals surface area contributed by atoms with Crippen molar-refractivity contribution in [2.45, 2.75) is 78.6 Å². The molecule has 0 N–H and O–H groups in total. The monoisotopic (exact) mass is 184 g/mol. The molecule has 0 heterocycles. The molecule has 80 valence electrons. The minimum atomic E-state index is 0.954. The molecule has 0 bridgehead atoms. The number of unbranched alkanes of at least 4 members (excludes halogenated alkanes) is 6. The zero-order valence-corrected chi connectivity index (χ0v) is 9.94. The van der Waals surface area contributed by atoms with Crippen LogP contribution in [0.2, 0.25) is 0 Å². The van der Waals surface area contributed by atoms with Gasteiger partial charge in [-0.1, -0.05) is 78.6 Å². The van der Waals surface area contributed by atoms with Crippen molar-refractivity contribution in [3.8, 4) is 0 Å². The van der Waals surface area contributed by atoms with E-state index in [9.17, 15) is 0 Å². The highest BCUT2D eigenvalue weighted by Crippen LogP contribution is 2.14. The SMILES string of the molecule is CCCCCCCCC[C@@H](C)CC. The minimum absolute atomic E-state index is 0.954. The molecular formula is C13H28. The molecule has 0 aromatic rings. The molecule has 0 aromatic carbocycles. The predicted octanol–water partition coefficient (Wildman–Crippen LogP) is 5.17. The maximum atomic E-state index is 2.37. The molecule has 0 saturated heterocycles. The van der Waals surface area contributed by atoms with Crippen LogP contribution in [0.5, 0.6) is 0 Å². The molecule has 0 heteroatoms. The Hall–Kier alpha value is 0. The lowest BCUT2D eigenvalue weighted by molar-refractivity contribution is 0.471. The molecule has 0 rings (SSSR count). The number of hydrogen-bond donors (Lipinski definition) is 0. The minimum Gasteiger partial charge on any atom is -0.0654 e. The van der Waals surface area contributed by atoms with E-state index in [-0.39, 0.29) is 0 Å². The summed E-state index contributed by atoms with van der Waals surface area (Å²) in [7, 11) is 0. The maximum Gasteiger partial charge on any atom is -0.0445 e. The fourth-order valence-corrected chi connectivity index (χ4v) is 1.65. The molecule has 0 aliphatic carbocycles. The maximum absolute atomic E-state index is 2.37. The summed E-state index contributed by atoms with van der Waals surface area (Å²) in [5.74, 6) is 0.954.